The van der Waals surface area contributed by atoms with Crippen molar-refractivity contribution < 1.29 is 22.5 Å². The van der Waals surface area contributed by atoms with E-state index in [1.54, 1.807) is 0 Å². The molecule has 0 spiro atoms. The lowest BCUT2D eigenvalue weighted by molar-refractivity contribution is 0.131. The van der Waals surface area contributed by atoms with Gasteiger partial charge in [-0.25, -0.2) is 8.60 Å². The van der Waals surface area contributed by atoms with Crippen LogP contribution in [0.4, 0.5) is 4.39 Å². The molecule has 1 unspecified atom stereocenters. The van der Waals surface area contributed by atoms with E-state index < -0.39 is 24.0 Å². The first-order valence-corrected chi connectivity index (χ1v) is 7.00. The predicted octanol–water partition coefficient (Wildman–Crippen LogP) is 0.0801. The van der Waals surface area contributed by atoms with E-state index in [9.17, 15) is 8.60 Å². The van der Waals surface area contributed by atoms with Crippen molar-refractivity contribution in [2.45, 2.75) is 4.90 Å². The fraction of sp³-hybridized carbons (Fsp3) is 0.455. The molecule has 1 aromatic rings. The van der Waals surface area contributed by atoms with Crippen LogP contribution in [0.5, 0.6) is 0 Å². The van der Waals surface area contributed by atoms with Gasteiger partial charge in [-0.3, -0.25) is 0 Å². The van der Waals surface area contributed by atoms with Gasteiger partial charge in [0.15, 0.2) is 11.1 Å². The first-order valence-electron chi connectivity index (χ1n) is 5.90. The number of benzene rings is 1. The Labute approximate surface area is 114 Å². The Morgan fingerprint density at radius 1 is 1.37 bits per heavy atom. The summed E-state index contributed by atoms with van der Waals surface area (Å²) in [6.45, 7) is 2.38. The second-order valence-electron chi connectivity index (χ2n) is 4.31. The lowest BCUT2D eigenvalue weighted by Crippen LogP contribution is -2.44. The molecule has 0 aromatic heterocycles. The van der Waals surface area contributed by atoms with Gasteiger partial charge in [0.05, 0.1) is 4.90 Å². The quantitative estimate of drug-likeness (QED) is 0.616. The van der Waals surface area contributed by atoms with Crippen LogP contribution < -0.4 is 5.46 Å². The molecular weight excluding hydrogens is 272 g/mol. The topological polar surface area (TPSA) is 59.0 Å². The van der Waals surface area contributed by atoms with Crippen molar-refractivity contribution in [3.8, 4) is 0 Å². The molecular formula is C11H15BFNO4S. The molecule has 1 saturated heterocycles. The minimum absolute atomic E-state index is 0.0202. The molecule has 2 rings (SSSR count). The second kappa shape index (κ2) is 6.58. The van der Waals surface area contributed by atoms with Gasteiger partial charge in [-0.05, 0) is 19.2 Å². The van der Waals surface area contributed by atoms with Crippen LogP contribution in [0.25, 0.3) is 0 Å². The van der Waals surface area contributed by atoms with Crippen LogP contribution in [0.1, 0.15) is 0 Å². The van der Waals surface area contributed by atoms with Crippen LogP contribution in [-0.4, -0.2) is 54.1 Å². The van der Waals surface area contributed by atoms with Gasteiger partial charge in [0.2, 0.25) is 0 Å². The van der Waals surface area contributed by atoms with Crippen LogP contribution in [0.2, 0.25) is 0 Å². The molecule has 19 heavy (non-hydrogen) atoms. The zero-order chi connectivity index (χ0) is 13.8. The van der Waals surface area contributed by atoms with E-state index in [0.29, 0.717) is 13.2 Å². The summed E-state index contributed by atoms with van der Waals surface area (Å²) in [6, 6.07) is 3.85. The zero-order valence-corrected chi connectivity index (χ0v) is 11.4. The maximum atomic E-state index is 13.9. The maximum Gasteiger partial charge on any atom is 0.496 e. The van der Waals surface area contributed by atoms with Gasteiger partial charge >= 0.3 is 7.12 Å². The van der Waals surface area contributed by atoms with E-state index in [0.717, 1.165) is 19.2 Å². The summed E-state index contributed by atoms with van der Waals surface area (Å²) in [5.74, 6) is -0.598. The van der Waals surface area contributed by atoms with Crippen molar-refractivity contribution in [3.05, 3.63) is 24.0 Å². The molecule has 1 heterocycles. The van der Waals surface area contributed by atoms with Crippen LogP contribution in [-0.2, 0) is 20.4 Å². The van der Waals surface area contributed by atoms with Crippen LogP contribution >= 0.6 is 0 Å². The fourth-order valence-electron chi connectivity index (χ4n) is 1.78. The molecule has 0 saturated carbocycles. The highest BCUT2D eigenvalue weighted by atomic mass is 32.2. The molecule has 5 nitrogen and oxygen atoms in total. The van der Waals surface area contributed by atoms with Crippen molar-refractivity contribution in [3.63, 3.8) is 0 Å². The summed E-state index contributed by atoms with van der Waals surface area (Å²) in [6.07, 6.45) is 0. The smallest absolute Gasteiger partial charge is 0.406 e. The first kappa shape index (κ1) is 14.6. The summed E-state index contributed by atoms with van der Waals surface area (Å²) in [7, 11) is 1.19. The van der Waals surface area contributed by atoms with Gasteiger partial charge in [-0.1, -0.05) is 6.07 Å². The molecule has 1 aromatic carbocycles. The predicted molar refractivity (Wildman–Crippen MR) is 70.2 cm³/mol. The SMILES string of the molecule is CN1CCOB(c2ccc(S(=O)O)cc2F)OCC1. The highest BCUT2D eigenvalue weighted by molar-refractivity contribution is 7.79. The normalized spacial score (nSPS) is 19.8. The minimum atomic E-state index is -2.19. The van der Waals surface area contributed by atoms with Crippen LogP contribution in [0.15, 0.2) is 23.1 Å². The van der Waals surface area contributed by atoms with Gasteiger partial charge < -0.3 is 18.8 Å². The Hall–Kier alpha value is -0.795. The number of nitrogens with zero attached hydrogens (tertiary/aromatic N) is 1. The molecule has 0 radical (unpaired) electrons. The Balaban J connectivity index is 2.14. The third-order valence-corrected chi connectivity index (χ3v) is 3.57. The monoisotopic (exact) mass is 287 g/mol. The number of halogens is 1. The second-order valence-corrected chi connectivity index (χ2v) is 5.28. The van der Waals surface area contributed by atoms with E-state index in [4.69, 9.17) is 13.9 Å². The van der Waals surface area contributed by atoms with Crippen molar-refractivity contribution in [2.24, 2.45) is 0 Å². The van der Waals surface area contributed by atoms with Gasteiger partial charge in [0.1, 0.15) is 5.82 Å². The van der Waals surface area contributed by atoms with E-state index in [-0.39, 0.29) is 10.4 Å². The molecule has 104 valence electrons. The van der Waals surface area contributed by atoms with E-state index in [1.807, 2.05) is 7.05 Å². The minimum Gasteiger partial charge on any atom is -0.406 e. The Morgan fingerprint density at radius 3 is 2.53 bits per heavy atom. The van der Waals surface area contributed by atoms with Crippen molar-refractivity contribution in [1.82, 2.24) is 4.90 Å². The Morgan fingerprint density at radius 2 is 2.00 bits per heavy atom. The highest BCUT2D eigenvalue weighted by Crippen LogP contribution is 2.08. The van der Waals surface area contributed by atoms with E-state index in [1.165, 1.54) is 12.1 Å². The average molecular weight is 287 g/mol. The molecule has 1 N–H and O–H groups in total. The lowest BCUT2D eigenvalue weighted by Gasteiger charge is -2.24. The number of hydrogen-bond acceptors (Lipinski definition) is 4. The van der Waals surface area contributed by atoms with Gasteiger partial charge in [-0.2, -0.15) is 0 Å². The Kier molecular flexibility index (Phi) is 5.06. The summed E-state index contributed by atoms with van der Waals surface area (Å²) in [5, 5.41) is 0. The summed E-state index contributed by atoms with van der Waals surface area (Å²) >= 11 is -2.19. The molecule has 1 aliphatic rings. The van der Waals surface area contributed by atoms with Gasteiger partial charge in [0.25, 0.3) is 0 Å². The summed E-state index contributed by atoms with van der Waals surface area (Å²) in [5.41, 5.74) is 0.249. The highest BCUT2D eigenvalue weighted by Gasteiger charge is 2.27. The average Bonchev–Trinajstić information content (AvgIpc) is 2.34. The third-order valence-electron chi connectivity index (χ3n) is 2.91. The molecule has 8 heteroatoms. The largest absolute Gasteiger partial charge is 0.496 e. The third kappa shape index (κ3) is 3.84. The van der Waals surface area contributed by atoms with Gasteiger partial charge in [0, 0.05) is 31.8 Å². The van der Waals surface area contributed by atoms with E-state index in [2.05, 4.69) is 4.90 Å². The number of likely N-dealkylation sites (N-methyl/N-ethyl adjacent to an activating group) is 1. The first-order chi connectivity index (χ1) is 9.08. The Bertz CT molecular complexity index is 466. The molecule has 0 amide bonds. The molecule has 0 aliphatic carbocycles. The van der Waals surface area contributed by atoms with Crippen LogP contribution in [0.3, 0.4) is 0 Å². The molecule has 1 aliphatic heterocycles. The summed E-state index contributed by atoms with van der Waals surface area (Å²) in [4.78, 5) is 2.08. The summed E-state index contributed by atoms with van der Waals surface area (Å²) < 4.78 is 44.6. The molecule has 1 fully saturated rings. The number of rotatable bonds is 2. The van der Waals surface area contributed by atoms with Crippen molar-refractivity contribution >= 4 is 23.7 Å². The van der Waals surface area contributed by atoms with Gasteiger partial charge in [-0.15, -0.1) is 0 Å². The van der Waals surface area contributed by atoms with Crippen molar-refractivity contribution in [1.29, 1.82) is 0 Å². The standard InChI is InChI=1S/C11H15BFNO4S/c1-14-4-6-17-12(18-7-5-14)10-3-2-9(19(15)16)8-11(10)13/h2-3,8H,4-7H2,1H3,(H,15,16). The molecule has 0 bridgehead atoms. The van der Waals surface area contributed by atoms with E-state index >= 15 is 0 Å². The molecule has 1 atom stereocenters. The fourth-order valence-corrected chi connectivity index (χ4v) is 2.17. The number of hydrogen-bond donors (Lipinski definition) is 1. The lowest BCUT2D eigenvalue weighted by atomic mass is 9.78. The zero-order valence-electron chi connectivity index (χ0n) is 10.5. The van der Waals surface area contributed by atoms with Crippen LogP contribution in [0, 0.1) is 5.82 Å². The van der Waals surface area contributed by atoms with Crippen molar-refractivity contribution in [2.75, 3.05) is 33.4 Å². The maximum absolute atomic E-state index is 13.9.